The zero-order chi connectivity index (χ0) is 15.7. The largest absolute Gasteiger partial charge is 0.311 e. The molecule has 1 unspecified atom stereocenters. The lowest BCUT2D eigenvalue weighted by molar-refractivity contribution is 0.489. The molecule has 1 aromatic rings. The summed E-state index contributed by atoms with van der Waals surface area (Å²) in [7, 11) is 2.06. The van der Waals surface area contributed by atoms with Crippen molar-refractivity contribution in [2.45, 2.75) is 90.5 Å². The summed E-state index contributed by atoms with van der Waals surface area (Å²) in [4.78, 5) is 4.85. The molecule has 3 heteroatoms. The standard InChI is InChI=1S/C18H34N2S/c1-6-7-8-9-10-11-12-13-15(19-5)17-20-16(14-21-17)18(2,3)4/h14-15,19H,6-13H2,1-5H3. The quantitative estimate of drug-likeness (QED) is 0.549. The monoisotopic (exact) mass is 310 g/mol. The van der Waals surface area contributed by atoms with Crippen LogP contribution in [-0.4, -0.2) is 12.0 Å². The molecule has 0 aliphatic heterocycles. The van der Waals surface area contributed by atoms with E-state index in [9.17, 15) is 0 Å². The van der Waals surface area contributed by atoms with Crippen LogP contribution in [0.3, 0.4) is 0 Å². The van der Waals surface area contributed by atoms with Gasteiger partial charge in [-0.25, -0.2) is 4.98 Å². The van der Waals surface area contributed by atoms with Gasteiger partial charge in [-0.1, -0.05) is 72.6 Å². The molecule has 0 aliphatic rings. The molecular weight excluding hydrogens is 276 g/mol. The lowest BCUT2D eigenvalue weighted by Crippen LogP contribution is -2.17. The first-order chi connectivity index (χ1) is 9.99. The molecular formula is C18H34N2S. The van der Waals surface area contributed by atoms with Crippen molar-refractivity contribution >= 4 is 11.3 Å². The average molecular weight is 311 g/mol. The maximum Gasteiger partial charge on any atom is 0.110 e. The predicted molar refractivity (Wildman–Crippen MR) is 95.2 cm³/mol. The van der Waals surface area contributed by atoms with E-state index in [1.807, 2.05) is 11.3 Å². The second-order valence-electron chi connectivity index (χ2n) is 7.07. The van der Waals surface area contributed by atoms with Gasteiger partial charge in [-0.15, -0.1) is 11.3 Å². The van der Waals surface area contributed by atoms with Gasteiger partial charge in [0.2, 0.25) is 0 Å². The second-order valence-corrected chi connectivity index (χ2v) is 7.96. The van der Waals surface area contributed by atoms with E-state index in [1.165, 1.54) is 62.1 Å². The van der Waals surface area contributed by atoms with Gasteiger partial charge in [0.1, 0.15) is 5.01 Å². The van der Waals surface area contributed by atoms with Crippen LogP contribution in [0.25, 0.3) is 0 Å². The van der Waals surface area contributed by atoms with Gasteiger partial charge in [-0.3, -0.25) is 0 Å². The molecule has 0 fully saturated rings. The summed E-state index contributed by atoms with van der Waals surface area (Å²) in [5.41, 5.74) is 1.38. The van der Waals surface area contributed by atoms with E-state index in [0.29, 0.717) is 6.04 Å². The Balaban J connectivity index is 2.33. The summed E-state index contributed by atoms with van der Waals surface area (Å²) in [5, 5.41) is 6.93. The lowest BCUT2D eigenvalue weighted by Gasteiger charge is -2.16. The molecule has 1 heterocycles. The van der Waals surface area contributed by atoms with E-state index in [2.05, 4.69) is 45.4 Å². The van der Waals surface area contributed by atoms with Gasteiger partial charge in [-0.05, 0) is 13.5 Å². The Kier molecular flexibility index (Phi) is 8.50. The fraction of sp³-hybridized carbons (Fsp3) is 0.833. The molecule has 0 saturated carbocycles. The van der Waals surface area contributed by atoms with Crippen molar-refractivity contribution in [2.24, 2.45) is 0 Å². The first-order valence-corrected chi connectivity index (χ1v) is 9.50. The molecule has 0 spiro atoms. The van der Waals surface area contributed by atoms with Crippen molar-refractivity contribution in [1.29, 1.82) is 0 Å². The van der Waals surface area contributed by atoms with Crippen LogP contribution in [0.1, 0.15) is 95.8 Å². The fourth-order valence-corrected chi connectivity index (χ4v) is 3.68. The molecule has 21 heavy (non-hydrogen) atoms. The van der Waals surface area contributed by atoms with E-state index < -0.39 is 0 Å². The highest BCUT2D eigenvalue weighted by molar-refractivity contribution is 7.09. The number of hydrogen-bond donors (Lipinski definition) is 1. The summed E-state index contributed by atoms with van der Waals surface area (Å²) in [6.07, 6.45) is 10.8. The molecule has 2 nitrogen and oxygen atoms in total. The molecule has 1 N–H and O–H groups in total. The Labute approximate surface area is 135 Å². The van der Waals surface area contributed by atoms with E-state index in [4.69, 9.17) is 4.98 Å². The van der Waals surface area contributed by atoms with Gasteiger partial charge in [0, 0.05) is 10.8 Å². The number of rotatable bonds is 10. The normalized spacial score (nSPS) is 13.6. The number of nitrogens with one attached hydrogen (secondary N) is 1. The molecule has 0 radical (unpaired) electrons. The van der Waals surface area contributed by atoms with Crippen molar-refractivity contribution < 1.29 is 0 Å². The molecule has 0 aromatic carbocycles. The van der Waals surface area contributed by atoms with E-state index in [1.54, 1.807) is 0 Å². The van der Waals surface area contributed by atoms with Gasteiger partial charge in [0.25, 0.3) is 0 Å². The third-order valence-electron chi connectivity index (χ3n) is 4.03. The fourth-order valence-electron chi connectivity index (χ4n) is 2.49. The number of aromatic nitrogens is 1. The molecule has 0 amide bonds. The van der Waals surface area contributed by atoms with E-state index in [-0.39, 0.29) is 5.41 Å². The van der Waals surface area contributed by atoms with Gasteiger partial charge >= 0.3 is 0 Å². The zero-order valence-corrected chi connectivity index (χ0v) is 15.5. The minimum atomic E-state index is 0.159. The summed E-state index contributed by atoms with van der Waals surface area (Å²) in [5.74, 6) is 0. The van der Waals surface area contributed by atoms with Gasteiger partial charge < -0.3 is 5.32 Å². The van der Waals surface area contributed by atoms with E-state index >= 15 is 0 Å². The van der Waals surface area contributed by atoms with Crippen LogP contribution in [0.2, 0.25) is 0 Å². The van der Waals surface area contributed by atoms with Crippen molar-refractivity contribution in [3.63, 3.8) is 0 Å². The highest BCUT2D eigenvalue weighted by Gasteiger charge is 2.20. The van der Waals surface area contributed by atoms with Gasteiger partial charge in [-0.2, -0.15) is 0 Å². The summed E-state index contributed by atoms with van der Waals surface area (Å²) in [6, 6.07) is 0.432. The summed E-state index contributed by atoms with van der Waals surface area (Å²) < 4.78 is 0. The minimum Gasteiger partial charge on any atom is -0.311 e. The Morgan fingerprint density at radius 3 is 2.24 bits per heavy atom. The first-order valence-electron chi connectivity index (χ1n) is 8.62. The Morgan fingerprint density at radius 1 is 1.10 bits per heavy atom. The van der Waals surface area contributed by atoms with Crippen molar-refractivity contribution in [3.8, 4) is 0 Å². The number of thiazole rings is 1. The zero-order valence-electron chi connectivity index (χ0n) is 14.7. The van der Waals surface area contributed by atoms with Crippen molar-refractivity contribution in [1.82, 2.24) is 10.3 Å². The number of unbranched alkanes of at least 4 members (excludes halogenated alkanes) is 6. The molecule has 0 bridgehead atoms. The molecule has 0 saturated heterocycles. The van der Waals surface area contributed by atoms with Crippen LogP contribution in [0, 0.1) is 0 Å². The second kappa shape index (κ2) is 9.58. The average Bonchev–Trinajstić information content (AvgIpc) is 2.91. The Hall–Kier alpha value is -0.410. The Bertz CT molecular complexity index is 379. The molecule has 0 aliphatic carbocycles. The molecule has 1 rings (SSSR count). The summed E-state index contributed by atoms with van der Waals surface area (Å²) >= 11 is 1.81. The topological polar surface area (TPSA) is 24.9 Å². The van der Waals surface area contributed by atoms with Crippen LogP contribution < -0.4 is 5.32 Å². The summed E-state index contributed by atoms with van der Waals surface area (Å²) in [6.45, 7) is 8.97. The maximum absolute atomic E-state index is 4.85. The SMILES string of the molecule is CCCCCCCCCC(NC)c1nc(C(C)(C)C)cs1. The van der Waals surface area contributed by atoms with Gasteiger partial charge in [0.15, 0.2) is 0 Å². The highest BCUT2D eigenvalue weighted by atomic mass is 32.1. The Morgan fingerprint density at radius 2 is 1.71 bits per heavy atom. The van der Waals surface area contributed by atoms with Crippen LogP contribution in [-0.2, 0) is 5.41 Å². The smallest absolute Gasteiger partial charge is 0.110 e. The molecule has 1 aromatic heterocycles. The molecule has 1 atom stereocenters. The van der Waals surface area contributed by atoms with Crippen LogP contribution in [0.4, 0.5) is 0 Å². The highest BCUT2D eigenvalue weighted by Crippen LogP contribution is 2.29. The predicted octanol–water partition coefficient (Wildman–Crippen LogP) is 5.84. The van der Waals surface area contributed by atoms with Crippen LogP contribution >= 0.6 is 11.3 Å². The van der Waals surface area contributed by atoms with Crippen molar-refractivity contribution in [3.05, 3.63) is 16.1 Å². The number of nitrogens with zero attached hydrogens (tertiary/aromatic N) is 1. The third kappa shape index (κ3) is 6.92. The lowest BCUT2D eigenvalue weighted by atomic mass is 9.93. The maximum atomic E-state index is 4.85. The van der Waals surface area contributed by atoms with Gasteiger partial charge in [0.05, 0.1) is 11.7 Å². The first kappa shape index (κ1) is 18.6. The third-order valence-corrected chi connectivity index (χ3v) is 4.99. The van der Waals surface area contributed by atoms with Crippen LogP contribution in [0.5, 0.6) is 0 Å². The number of hydrogen-bond acceptors (Lipinski definition) is 3. The van der Waals surface area contributed by atoms with Crippen LogP contribution in [0.15, 0.2) is 5.38 Å². The van der Waals surface area contributed by atoms with E-state index in [0.717, 1.165) is 0 Å². The minimum absolute atomic E-state index is 0.159. The van der Waals surface area contributed by atoms with Crippen molar-refractivity contribution in [2.75, 3.05) is 7.05 Å². The molecule has 122 valence electrons.